The molecule has 0 saturated heterocycles. The maximum absolute atomic E-state index is 13.0. The van der Waals surface area contributed by atoms with Crippen LogP contribution in [0.4, 0.5) is 13.2 Å². The Kier molecular flexibility index (Phi) is 4.86. The molecular weight excluding hydrogens is 413 g/mol. The number of carbonyl (C=O) groups excluding carboxylic acids is 1. The third kappa shape index (κ3) is 3.65. The number of hydrogen-bond donors (Lipinski definition) is 0. The van der Waals surface area contributed by atoms with Gasteiger partial charge in [-0.05, 0) is 36.4 Å². The van der Waals surface area contributed by atoms with E-state index in [1.165, 1.54) is 30.0 Å². The van der Waals surface area contributed by atoms with Gasteiger partial charge in [-0.1, -0.05) is 34.1 Å². The molecule has 0 atom stereocenters. The van der Waals surface area contributed by atoms with Crippen molar-refractivity contribution in [2.24, 2.45) is 0 Å². The van der Waals surface area contributed by atoms with Crippen molar-refractivity contribution in [3.63, 3.8) is 0 Å². The van der Waals surface area contributed by atoms with E-state index >= 15 is 0 Å². The van der Waals surface area contributed by atoms with Gasteiger partial charge in [0.1, 0.15) is 0 Å². The molecule has 0 aliphatic rings. The van der Waals surface area contributed by atoms with Crippen molar-refractivity contribution in [2.45, 2.75) is 6.18 Å². The molecule has 26 heavy (non-hydrogen) atoms. The van der Waals surface area contributed by atoms with E-state index in [0.717, 1.165) is 16.6 Å². The number of aromatic nitrogens is 2. The lowest BCUT2D eigenvalue weighted by Crippen LogP contribution is -2.08. The molecule has 0 unspecified atom stereocenters. The highest BCUT2D eigenvalue weighted by atomic mass is 79.9. The zero-order chi connectivity index (χ0) is 18.9. The average Bonchev–Trinajstić information content (AvgIpc) is 3.06. The van der Waals surface area contributed by atoms with Crippen LogP contribution >= 0.6 is 15.9 Å². The number of ether oxygens (including phenoxy) is 1. The lowest BCUT2D eigenvalue weighted by molar-refractivity contribution is -0.137. The Morgan fingerprint density at radius 3 is 2.50 bits per heavy atom. The number of benzene rings is 2. The summed E-state index contributed by atoms with van der Waals surface area (Å²) < 4.78 is 45.9. The Labute approximate surface area is 155 Å². The zero-order valence-electron chi connectivity index (χ0n) is 13.4. The van der Waals surface area contributed by atoms with Crippen LogP contribution in [0.2, 0.25) is 0 Å². The van der Waals surface area contributed by atoms with Gasteiger partial charge in [-0.3, -0.25) is 0 Å². The Balaban J connectivity index is 2.20. The molecule has 1 heterocycles. The number of methoxy groups -OCH3 is 1. The molecule has 0 aliphatic heterocycles. The fraction of sp³-hybridized carbons (Fsp3) is 0.111. The number of rotatable bonds is 3. The number of nitrogens with zero attached hydrogens (tertiary/aromatic N) is 2. The molecule has 0 radical (unpaired) electrons. The van der Waals surface area contributed by atoms with Crippen LogP contribution in [0.5, 0.6) is 0 Å². The molecule has 0 spiro atoms. The topological polar surface area (TPSA) is 44.1 Å². The van der Waals surface area contributed by atoms with Gasteiger partial charge >= 0.3 is 12.1 Å². The molecule has 1 aromatic heterocycles. The molecule has 4 nitrogen and oxygen atoms in total. The van der Waals surface area contributed by atoms with E-state index in [4.69, 9.17) is 0 Å². The minimum Gasteiger partial charge on any atom is -0.464 e. The molecule has 0 aliphatic carbocycles. The Bertz CT molecular complexity index is 967. The fourth-order valence-corrected chi connectivity index (χ4v) is 2.85. The van der Waals surface area contributed by atoms with Gasteiger partial charge in [-0.25, -0.2) is 9.48 Å². The molecule has 3 rings (SSSR count). The van der Waals surface area contributed by atoms with Crippen molar-refractivity contribution >= 4 is 21.9 Å². The molecule has 3 aromatic rings. The van der Waals surface area contributed by atoms with Crippen LogP contribution in [0.1, 0.15) is 16.1 Å². The summed E-state index contributed by atoms with van der Waals surface area (Å²) in [6, 6.07) is 13.4. The highest BCUT2D eigenvalue weighted by molar-refractivity contribution is 9.10. The third-order valence-corrected chi connectivity index (χ3v) is 4.14. The van der Waals surface area contributed by atoms with Gasteiger partial charge in [0, 0.05) is 10.0 Å². The first kappa shape index (κ1) is 18.2. The van der Waals surface area contributed by atoms with Crippen molar-refractivity contribution < 1.29 is 22.7 Å². The van der Waals surface area contributed by atoms with Crippen molar-refractivity contribution in [3.8, 4) is 16.9 Å². The second kappa shape index (κ2) is 6.95. The van der Waals surface area contributed by atoms with E-state index in [0.29, 0.717) is 11.3 Å². The maximum Gasteiger partial charge on any atom is 0.416 e. The maximum atomic E-state index is 13.0. The summed E-state index contributed by atoms with van der Waals surface area (Å²) in [7, 11) is 1.21. The summed E-state index contributed by atoms with van der Waals surface area (Å²) in [5, 5.41) is 4.14. The number of esters is 1. The van der Waals surface area contributed by atoms with Gasteiger partial charge in [-0.15, -0.1) is 0 Å². The Morgan fingerprint density at radius 1 is 1.12 bits per heavy atom. The second-order valence-electron chi connectivity index (χ2n) is 5.38. The van der Waals surface area contributed by atoms with Gasteiger partial charge in [-0.2, -0.15) is 18.3 Å². The highest BCUT2D eigenvalue weighted by Gasteiger charge is 2.31. The highest BCUT2D eigenvalue weighted by Crippen LogP contribution is 2.32. The van der Waals surface area contributed by atoms with Gasteiger partial charge < -0.3 is 4.74 Å². The van der Waals surface area contributed by atoms with Gasteiger partial charge in [0.05, 0.1) is 24.1 Å². The lowest BCUT2D eigenvalue weighted by atomic mass is 10.1. The van der Waals surface area contributed by atoms with E-state index in [1.807, 2.05) is 6.07 Å². The van der Waals surface area contributed by atoms with Crippen LogP contribution in [0.3, 0.4) is 0 Å². The largest absolute Gasteiger partial charge is 0.464 e. The van der Waals surface area contributed by atoms with E-state index in [9.17, 15) is 18.0 Å². The van der Waals surface area contributed by atoms with Crippen LogP contribution in [0, 0.1) is 0 Å². The molecule has 0 bridgehead atoms. The first-order chi connectivity index (χ1) is 12.3. The Morgan fingerprint density at radius 2 is 1.85 bits per heavy atom. The smallest absolute Gasteiger partial charge is 0.416 e. The SMILES string of the molecule is COC(=O)c1cc(-c2cccc(Br)c2)n(-c2cccc(C(F)(F)F)c2)n1. The second-order valence-corrected chi connectivity index (χ2v) is 6.29. The summed E-state index contributed by atoms with van der Waals surface area (Å²) in [5.74, 6) is -0.674. The van der Waals surface area contributed by atoms with Crippen LogP contribution < -0.4 is 0 Å². The molecule has 0 fully saturated rings. The summed E-state index contributed by atoms with van der Waals surface area (Å²) in [6.07, 6.45) is -4.48. The van der Waals surface area contributed by atoms with Crippen LogP contribution in [0.25, 0.3) is 16.9 Å². The average molecular weight is 425 g/mol. The quantitative estimate of drug-likeness (QED) is 0.548. The number of carbonyl (C=O) groups is 1. The van der Waals surface area contributed by atoms with Crippen molar-refractivity contribution in [2.75, 3.05) is 7.11 Å². The molecular formula is C18H12BrF3N2O2. The van der Waals surface area contributed by atoms with E-state index in [-0.39, 0.29) is 11.4 Å². The molecule has 0 N–H and O–H groups in total. The summed E-state index contributed by atoms with van der Waals surface area (Å²) >= 11 is 3.36. The molecule has 0 saturated carbocycles. The minimum atomic E-state index is -4.48. The van der Waals surface area contributed by atoms with E-state index in [1.54, 1.807) is 18.2 Å². The van der Waals surface area contributed by atoms with Crippen molar-refractivity contribution in [1.29, 1.82) is 0 Å². The van der Waals surface area contributed by atoms with E-state index < -0.39 is 17.7 Å². The van der Waals surface area contributed by atoms with Crippen LogP contribution in [0.15, 0.2) is 59.1 Å². The first-order valence-electron chi connectivity index (χ1n) is 7.41. The molecule has 0 amide bonds. The van der Waals surface area contributed by atoms with Gasteiger partial charge in [0.2, 0.25) is 0 Å². The summed E-state index contributed by atoms with van der Waals surface area (Å²) in [4.78, 5) is 11.8. The van der Waals surface area contributed by atoms with Gasteiger partial charge in [0.25, 0.3) is 0 Å². The third-order valence-electron chi connectivity index (χ3n) is 3.64. The van der Waals surface area contributed by atoms with Gasteiger partial charge in [0.15, 0.2) is 5.69 Å². The standard InChI is InChI=1S/C18H12BrF3N2O2/c1-26-17(25)15-10-16(11-4-2-6-13(19)8-11)24(23-15)14-7-3-5-12(9-14)18(20,21)22/h2-10H,1H3. The first-order valence-corrected chi connectivity index (χ1v) is 8.21. The summed E-state index contributed by atoms with van der Waals surface area (Å²) in [6.45, 7) is 0. The molecule has 2 aromatic carbocycles. The number of alkyl halides is 3. The van der Waals surface area contributed by atoms with Crippen molar-refractivity contribution in [1.82, 2.24) is 9.78 Å². The zero-order valence-corrected chi connectivity index (χ0v) is 15.0. The number of halogens is 4. The normalized spacial score (nSPS) is 11.4. The monoisotopic (exact) mass is 424 g/mol. The predicted octanol–water partition coefficient (Wildman–Crippen LogP) is 5.11. The predicted molar refractivity (Wildman–Crippen MR) is 93.0 cm³/mol. The molecule has 8 heteroatoms. The summed E-state index contributed by atoms with van der Waals surface area (Å²) in [5.41, 5.74) is 0.528. The van der Waals surface area contributed by atoms with E-state index in [2.05, 4.69) is 25.8 Å². The number of hydrogen-bond acceptors (Lipinski definition) is 3. The van der Waals surface area contributed by atoms with Crippen LogP contribution in [-0.2, 0) is 10.9 Å². The lowest BCUT2D eigenvalue weighted by Gasteiger charge is -2.11. The fourth-order valence-electron chi connectivity index (χ4n) is 2.45. The molecule has 134 valence electrons. The van der Waals surface area contributed by atoms with Crippen LogP contribution in [-0.4, -0.2) is 22.9 Å². The Hall–Kier alpha value is -2.61. The van der Waals surface area contributed by atoms with Crippen molar-refractivity contribution in [3.05, 3.63) is 70.3 Å². The minimum absolute atomic E-state index is 0.000104.